The minimum absolute atomic E-state index is 0.0435. The van der Waals surface area contributed by atoms with E-state index in [2.05, 4.69) is 88.2 Å². The molecular weight excluding hydrogens is 793 g/mol. The van der Waals surface area contributed by atoms with Crippen molar-refractivity contribution in [2.45, 2.75) is 124 Å². The molecule has 0 aromatic heterocycles. The molecule has 9 nitrogen and oxygen atoms in total. The molecule has 0 saturated heterocycles. The summed E-state index contributed by atoms with van der Waals surface area (Å²) in [7, 11) is 0. The van der Waals surface area contributed by atoms with Crippen LogP contribution in [0, 0.1) is 11.3 Å². The van der Waals surface area contributed by atoms with Crippen LogP contribution in [-0.4, -0.2) is 67.8 Å². The van der Waals surface area contributed by atoms with E-state index in [1.165, 1.54) is 81.9 Å². The van der Waals surface area contributed by atoms with Crippen molar-refractivity contribution in [3.63, 3.8) is 0 Å². The van der Waals surface area contributed by atoms with Crippen molar-refractivity contribution >= 4 is 17.9 Å². The van der Waals surface area contributed by atoms with E-state index < -0.39 is 29.9 Å². The second-order valence-electron chi connectivity index (χ2n) is 17.7. The van der Waals surface area contributed by atoms with Gasteiger partial charge in [0.15, 0.2) is 0 Å². The molecular formula is C54H72O9. The average molecular weight is 865 g/mol. The van der Waals surface area contributed by atoms with Crippen LogP contribution in [0.15, 0.2) is 91.1 Å². The molecule has 0 unspecified atom stereocenters. The quantitative estimate of drug-likeness (QED) is 0.0351. The number of aliphatic hydroxyl groups is 2. The number of hydrogen-bond acceptors (Lipinski definition) is 9. The lowest BCUT2D eigenvalue weighted by Gasteiger charge is -2.31. The predicted octanol–water partition coefficient (Wildman–Crippen LogP) is 11.0. The van der Waals surface area contributed by atoms with E-state index in [0.717, 1.165) is 40.2 Å². The maximum atomic E-state index is 12.5. The lowest BCUT2D eigenvalue weighted by molar-refractivity contribution is -0.153. The van der Waals surface area contributed by atoms with Crippen molar-refractivity contribution < 1.29 is 43.5 Å². The summed E-state index contributed by atoms with van der Waals surface area (Å²) in [6.45, 7) is 18.8. The van der Waals surface area contributed by atoms with E-state index in [0.29, 0.717) is 42.9 Å². The molecule has 0 heterocycles. The number of hydrogen-bond donors (Lipinski definition) is 2. The summed E-state index contributed by atoms with van der Waals surface area (Å²) in [5, 5.41) is 20.8. The minimum atomic E-state index is -1.34. The number of rotatable bonds is 26. The number of esters is 3. The SMILES string of the molecule is C=C(C)C(=O)OCCCc1cc(-c2ccc(-c3ccc(C4CCC(CCCCC)CC4)cc3)cc2CC)cc(CCCO)c1OCC(CO)(COC(=O)C(=C)C)COC(=O)C(=C)C. The Bertz CT molecular complexity index is 1990. The first-order valence-electron chi connectivity index (χ1n) is 23.0. The third kappa shape index (κ3) is 15.1. The Hall–Kier alpha value is -4.99. The van der Waals surface area contributed by atoms with E-state index in [4.69, 9.17) is 18.9 Å². The van der Waals surface area contributed by atoms with E-state index in [-0.39, 0.29) is 44.2 Å². The third-order valence-electron chi connectivity index (χ3n) is 12.2. The zero-order valence-electron chi connectivity index (χ0n) is 38.7. The molecule has 0 spiro atoms. The van der Waals surface area contributed by atoms with Crippen molar-refractivity contribution in [3.8, 4) is 28.0 Å². The Balaban J connectivity index is 1.68. The standard InChI is InChI=1S/C54H72O9/c1-9-11-12-15-40-18-20-42(21-19-40)43-22-24-44(25-23-43)45-26-27-49(41(10-2)30-45)48-31-46(16-13-28-55)50(47(32-48)17-14-29-60-51(57)37(3)4)61-34-54(33-56,35-62-52(58)38(5)6)36-63-53(59)39(7)8/h22-27,30-32,40,42,55-56H,3,5,7,9-21,28-29,33-36H2,1-2,4,6,8H3. The fourth-order valence-electron chi connectivity index (χ4n) is 8.22. The van der Waals surface area contributed by atoms with Gasteiger partial charge in [0.25, 0.3) is 0 Å². The molecule has 342 valence electrons. The highest BCUT2D eigenvalue weighted by Gasteiger charge is 2.36. The maximum absolute atomic E-state index is 12.5. The van der Waals surface area contributed by atoms with Gasteiger partial charge in [0.2, 0.25) is 0 Å². The normalized spacial score (nSPS) is 15.0. The van der Waals surface area contributed by atoms with Gasteiger partial charge in [-0.1, -0.05) is 102 Å². The van der Waals surface area contributed by atoms with E-state index in [9.17, 15) is 24.6 Å². The second-order valence-corrected chi connectivity index (χ2v) is 17.7. The van der Waals surface area contributed by atoms with Crippen LogP contribution in [0.5, 0.6) is 5.75 Å². The van der Waals surface area contributed by atoms with Gasteiger partial charge in [0, 0.05) is 23.3 Å². The molecule has 3 aromatic carbocycles. The first-order chi connectivity index (χ1) is 30.2. The largest absolute Gasteiger partial charge is 0.492 e. The summed E-state index contributed by atoms with van der Waals surface area (Å²) in [5.74, 6) is 0.277. The first kappa shape index (κ1) is 50.7. The molecule has 1 saturated carbocycles. The summed E-state index contributed by atoms with van der Waals surface area (Å²) < 4.78 is 23.1. The Kier molecular flexibility index (Phi) is 20.4. The fraction of sp³-hybridized carbons (Fsp3) is 0.500. The molecule has 4 rings (SSSR count). The van der Waals surface area contributed by atoms with Gasteiger partial charge in [-0.05, 0) is 147 Å². The van der Waals surface area contributed by atoms with E-state index in [1.807, 2.05) is 0 Å². The van der Waals surface area contributed by atoms with Gasteiger partial charge in [-0.2, -0.15) is 0 Å². The fourth-order valence-corrected chi connectivity index (χ4v) is 8.22. The smallest absolute Gasteiger partial charge is 0.333 e. The van der Waals surface area contributed by atoms with Crippen molar-refractivity contribution in [3.05, 3.63) is 113 Å². The molecule has 1 aliphatic carbocycles. The predicted molar refractivity (Wildman–Crippen MR) is 252 cm³/mol. The molecule has 0 bridgehead atoms. The highest BCUT2D eigenvalue weighted by Crippen LogP contribution is 2.40. The Labute approximate surface area is 376 Å². The van der Waals surface area contributed by atoms with Crippen LogP contribution < -0.4 is 4.74 Å². The van der Waals surface area contributed by atoms with Crippen molar-refractivity contribution in [1.29, 1.82) is 0 Å². The van der Waals surface area contributed by atoms with Gasteiger partial charge < -0.3 is 29.2 Å². The molecule has 63 heavy (non-hydrogen) atoms. The van der Waals surface area contributed by atoms with Crippen LogP contribution in [0.4, 0.5) is 0 Å². The van der Waals surface area contributed by atoms with Gasteiger partial charge in [-0.3, -0.25) is 0 Å². The van der Waals surface area contributed by atoms with Crippen LogP contribution in [0.1, 0.15) is 127 Å². The number of unbranched alkanes of at least 4 members (excludes halogenated alkanes) is 2. The Morgan fingerprint density at radius 3 is 1.75 bits per heavy atom. The highest BCUT2D eigenvalue weighted by molar-refractivity contribution is 5.88. The third-order valence-corrected chi connectivity index (χ3v) is 12.2. The second kappa shape index (κ2) is 25.3. The molecule has 9 heteroatoms. The van der Waals surface area contributed by atoms with Crippen LogP contribution in [0.3, 0.4) is 0 Å². The molecule has 0 radical (unpaired) electrons. The maximum Gasteiger partial charge on any atom is 0.333 e. The van der Waals surface area contributed by atoms with Gasteiger partial charge in [0.1, 0.15) is 25.6 Å². The van der Waals surface area contributed by atoms with Gasteiger partial charge in [-0.15, -0.1) is 0 Å². The van der Waals surface area contributed by atoms with Crippen LogP contribution in [0.25, 0.3) is 22.3 Å². The van der Waals surface area contributed by atoms with Crippen molar-refractivity contribution in [1.82, 2.24) is 0 Å². The van der Waals surface area contributed by atoms with Gasteiger partial charge in [-0.25, -0.2) is 14.4 Å². The summed E-state index contributed by atoms with van der Waals surface area (Å²) in [5.41, 5.74) is 7.99. The van der Waals surface area contributed by atoms with Crippen molar-refractivity contribution in [2.75, 3.05) is 39.6 Å². The van der Waals surface area contributed by atoms with Crippen LogP contribution >= 0.6 is 0 Å². The number of carbonyl (C=O) groups is 3. The number of aliphatic hydroxyl groups excluding tert-OH is 2. The number of ether oxygens (including phenoxy) is 4. The molecule has 0 aliphatic heterocycles. The summed E-state index contributed by atoms with van der Waals surface area (Å²) in [6.07, 6.45) is 13.3. The summed E-state index contributed by atoms with van der Waals surface area (Å²) in [6, 6.07) is 20.0. The average Bonchev–Trinajstić information content (AvgIpc) is 3.29. The monoisotopic (exact) mass is 865 g/mol. The summed E-state index contributed by atoms with van der Waals surface area (Å²) in [4.78, 5) is 37.2. The molecule has 0 atom stereocenters. The van der Waals surface area contributed by atoms with Crippen molar-refractivity contribution in [2.24, 2.45) is 11.3 Å². The lowest BCUT2D eigenvalue weighted by atomic mass is 9.77. The van der Waals surface area contributed by atoms with E-state index >= 15 is 0 Å². The Morgan fingerprint density at radius 1 is 0.651 bits per heavy atom. The highest BCUT2D eigenvalue weighted by atomic mass is 16.6. The van der Waals surface area contributed by atoms with Crippen LogP contribution in [0.2, 0.25) is 0 Å². The lowest BCUT2D eigenvalue weighted by Crippen LogP contribution is -2.43. The summed E-state index contributed by atoms with van der Waals surface area (Å²) >= 11 is 0. The number of aryl methyl sites for hydroxylation is 3. The van der Waals surface area contributed by atoms with E-state index in [1.54, 1.807) is 6.92 Å². The molecule has 2 N–H and O–H groups in total. The Morgan fingerprint density at radius 2 is 1.21 bits per heavy atom. The van der Waals surface area contributed by atoms with Gasteiger partial charge >= 0.3 is 17.9 Å². The van der Waals surface area contributed by atoms with Crippen LogP contribution in [-0.2, 0) is 47.9 Å². The zero-order valence-corrected chi connectivity index (χ0v) is 38.7. The first-order valence-corrected chi connectivity index (χ1v) is 23.0. The molecule has 1 aliphatic rings. The number of carbonyl (C=O) groups excluding carboxylic acids is 3. The zero-order chi connectivity index (χ0) is 45.9. The number of benzene rings is 3. The molecule has 3 aromatic rings. The molecule has 0 amide bonds. The van der Waals surface area contributed by atoms with Gasteiger partial charge in [0.05, 0.1) is 18.6 Å². The molecule has 1 fully saturated rings. The topological polar surface area (TPSA) is 129 Å². The minimum Gasteiger partial charge on any atom is -0.492 e.